The lowest BCUT2D eigenvalue weighted by molar-refractivity contribution is -0.131. The maximum Gasteiger partial charge on any atom is 0.242 e. The maximum atomic E-state index is 13.0. The van der Waals surface area contributed by atoms with Crippen molar-refractivity contribution < 1.29 is 22.7 Å². The highest BCUT2D eigenvalue weighted by atomic mass is 32.2. The average molecular weight is 452 g/mol. The Bertz CT molecular complexity index is 946. The van der Waals surface area contributed by atoms with Crippen molar-refractivity contribution >= 4 is 27.5 Å². The first kappa shape index (κ1) is 23.5. The minimum absolute atomic E-state index is 0.0157. The van der Waals surface area contributed by atoms with Crippen LogP contribution in [0.15, 0.2) is 23.1 Å². The third kappa shape index (κ3) is 4.72. The van der Waals surface area contributed by atoms with Crippen LogP contribution in [-0.4, -0.2) is 63.2 Å². The van der Waals surface area contributed by atoms with Crippen molar-refractivity contribution in [2.45, 2.75) is 50.5 Å². The van der Waals surface area contributed by atoms with Crippen LogP contribution in [0.5, 0.6) is 5.75 Å². The number of benzene rings is 1. The minimum atomic E-state index is -3.66. The Morgan fingerprint density at radius 3 is 2.58 bits per heavy atom. The Balaban J connectivity index is 1.77. The van der Waals surface area contributed by atoms with Crippen LogP contribution >= 0.6 is 0 Å². The number of ether oxygens (including phenoxy) is 1. The van der Waals surface area contributed by atoms with E-state index in [1.54, 1.807) is 0 Å². The normalized spacial score (nSPS) is 26.9. The largest absolute Gasteiger partial charge is 0.495 e. The summed E-state index contributed by atoms with van der Waals surface area (Å²) in [5.74, 6) is 0.572. The van der Waals surface area contributed by atoms with E-state index in [1.807, 2.05) is 4.90 Å². The molecule has 1 saturated heterocycles. The van der Waals surface area contributed by atoms with E-state index in [-0.39, 0.29) is 34.9 Å². The predicted molar refractivity (Wildman–Crippen MR) is 118 cm³/mol. The number of likely N-dealkylation sites (tertiary alicyclic amines) is 1. The number of anilines is 1. The first-order chi connectivity index (χ1) is 14.6. The van der Waals surface area contributed by atoms with Crippen LogP contribution in [0, 0.1) is 17.8 Å². The molecule has 1 aliphatic carbocycles. The fourth-order valence-corrected chi connectivity index (χ4v) is 5.54. The van der Waals surface area contributed by atoms with Gasteiger partial charge in [-0.1, -0.05) is 26.7 Å². The van der Waals surface area contributed by atoms with Gasteiger partial charge in [-0.25, -0.2) is 12.7 Å². The monoisotopic (exact) mass is 451 g/mol. The second kappa shape index (κ2) is 9.16. The van der Waals surface area contributed by atoms with E-state index in [4.69, 9.17) is 4.74 Å². The molecule has 1 saturated carbocycles. The zero-order valence-corrected chi connectivity index (χ0v) is 19.7. The molecule has 0 spiro atoms. The molecule has 1 N–H and O–H groups in total. The first-order valence-electron chi connectivity index (χ1n) is 10.8. The van der Waals surface area contributed by atoms with Crippen LogP contribution in [-0.2, 0) is 19.6 Å². The van der Waals surface area contributed by atoms with E-state index in [1.165, 1.54) is 45.8 Å². The van der Waals surface area contributed by atoms with Gasteiger partial charge in [0.2, 0.25) is 21.8 Å². The topological polar surface area (TPSA) is 96.0 Å². The van der Waals surface area contributed by atoms with Gasteiger partial charge >= 0.3 is 0 Å². The molecule has 1 aromatic carbocycles. The molecule has 2 aliphatic rings. The number of amides is 2. The summed E-state index contributed by atoms with van der Waals surface area (Å²) >= 11 is 0. The molecule has 2 amide bonds. The molecule has 9 heteroatoms. The SMILES string of the molecule is COc1ccc(S(=O)(=O)N(C)C)cc1NC(=O)[C@@H]1CC(=O)N([C@@H]2CCC[C@@H](C)[C@H]2C)C1. The Morgan fingerprint density at radius 2 is 1.94 bits per heavy atom. The molecule has 2 fully saturated rings. The van der Waals surface area contributed by atoms with E-state index >= 15 is 0 Å². The second-order valence-corrected chi connectivity index (χ2v) is 11.1. The van der Waals surface area contributed by atoms with Gasteiger partial charge < -0.3 is 15.0 Å². The van der Waals surface area contributed by atoms with Gasteiger partial charge in [0.1, 0.15) is 5.75 Å². The van der Waals surface area contributed by atoms with Crippen LogP contribution < -0.4 is 10.1 Å². The molecule has 0 unspecified atom stereocenters. The second-order valence-electron chi connectivity index (χ2n) is 8.92. The standard InChI is InChI=1S/C22H33N3O5S/c1-14-7-6-8-19(15(14)2)25-13-16(11-21(25)26)22(27)23-18-12-17(9-10-20(18)30-5)31(28,29)24(3)4/h9-10,12,14-16,19H,6-8,11,13H2,1-5H3,(H,23,27)/t14-,15-,16-,19-/m1/s1. The molecule has 1 aliphatic heterocycles. The molecule has 172 valence electrons. The van der Waals surface area contributed by atoms with Crippen LogP contribution in [0.1, 0.15) is 39.5 Å². The number of nitrogens with one attached hydrogen (secondary N) is 1. The third-order valence-corrected chi connectivity index (χ3v) is 8.61. The van der Waals surface area contributed by atoms with Gasteiger partial charge in [0, 0.05) is 33.1 Å². The molecular formula is C22H33N3O5S. The van der Waals surface area contributed by atoms with Gasteiger partial charge in [0.05, 0.1) is 23.6 Å². The molecule has 3 rings (SSSR count). The molecule has 1 heterocycles. The summed E-state index contributed by atoms with van der Waals surface area (Å²) in [5, 5.41) is 2.79. The Labute approximate surface area is 185 Å². The summed E-state index contributed by atoms with van der Waals surface area (Å²) in [5.41, 5.74) is 0.279. The van der Waals surface area contributed by atoms with E-state index < -0.39 is 15.9 Å². The number of hydrogen-bond donors (Lipinski definition) is 1. The van der Waals surface area contributed by atoms with Crippen molar-refractivity contribution in [3.63, 3.8) is 0 Å². The van der Waals surface area contributed by atoms with Gasteiger partial charge in [-0.05, 0) is 36.5 Å². The minimum Gasteiger partial charge on any atom is -0.495 e. The fraction of sp³-hybridized carbons (Fsp3) is 0.636. The number of methoxy groups -OCH3 is 1. The Hall–Kier alpha value is -2.13. The van der Waals surface area contributed by atoms with Crippen LogP contribution in [0.2, 0.25) is 0 Å². The number of carbonyl (C=O) groups excluding carboxylic acids is 2. The Kier molecular flexibility index (Phi) is 6.95. The molecule has 1 aromatic rings. The number of sulfonamides is 1. The van der Waals surface area contributed by atoms with Gasteiger partial charge in [0.15, 0.2) is 0 Å². The lowest BCUT2D eigenvalue weighted by Crippen LogP contribution is -2.45. The summed E-state index contributed by atoms with van der Waals surface area (Å²) in [6.07, 6.45) is 3.42. The fourth-order valence-electron chi connectivity index (χ4n) is 4.61. The van der Waals surface area contributed by atoms with Crippen molar-refractivity contribution in [3.8, 4) is 5.75 Å². The van der Waals surface area contributed by atoms with Crippen molar-refractivity contribution in [1.82, 2.24) is 9.21 Å². The molecule has 0 radical (unpaired) electrons. The van der Waals surface area contributed by atoms with Crippen LogP contribution in [0.4, 0.5) is 5.69 Å². The molecule has 0 bridgehead atoms. The van der Waals surface area contributed by atoms with Crippen molar-refractivity contribution in [1.29, 1.82) is 0 Å². The highest BCUT2D eigenvalue weighted by molar-refractivity contribution is 7.89. The van der Waals surface area contributed by atoms with Crippen LogP contribution in [0.3, 0.4) is 0 Å². The van der Waals surface area contributed by atoms with E-state index in [0.29, 0.717) is 24.1 Å². The van der Waals surface area contributed by atoms with Crippen molar-refractivity contribution in [2.24, 2.45) is 17.8 Å². The lowest BCUT2D eigenvalue weighted by Gasteiger charge is -2.40. The van der Waals surface area contributed by atoms with E-state index in [0.717, 1.165) is 17.1 Å². The molecule has 8 nitrogen and oxygen atoms in total. The first-order valence-corrected chi connectivity index (χ1v) is 12.2. The lowest BCUT2D eigenvalue weighted by atomic mass is 9.77. The maximum absolute atomic E-state index is 13.0. The Morgan fingerprint density at radius 1 is 1.23 bits per heavy atom. The van der Waals surface area contributed by atoms with Gasteiger partial charge in [-0.3, -0.25) is 9.59 Å². The molecule has 0 aromatic heterocycles. The average Bonchev–Trinajstić information content (AvgIpc) is 3.11. The summed E-state index contributed by atoms with van der Waals surface area (Å²) in [4.78, 5) is 27.6. The smallest absolute Gasteiger partial charge is 0.242 e. The number of hydrogen-bond acceptors (Lipinski definition) is 5. The van der Waals surface area contributed by atoms with E-state index in [9.17, 15) is 18.0 Å². The third-order valence-electron chi connectivity index (χ3n) is 6.80. The highest BCUT2D eigenvalue weighted by Crippen LogP contribution is 2.36. The zero-order valence-electron chi connectivity index (χ0n) is 18.9. The predicted octanol–water partition coefficient (Wildman–Crippen LogP) is 2.56. The van der Waals surface area contributed by atoms with Gasteiger partial charge in [-0.15, -0.1) is 0 Å². The molecule has 31 heavy (non-hydrogen) atoms. The van der Waals surface area contributed by atoms with Crippen molar-refractivity contribution in [3.05, 3.63) is 18.2 Å². The zero-order chi connectivity index (χ0) is 22.9. The number of rotatable bonds is 6. The highest BCUT2D eigenvalue weighted by Gasteiger charge is 2.41. The number of nitrogens with zero attached hydrogens (tertiary/aromatic N) is 2. The quantitative estimate of drug-likeness (QED) is 0.717. The van der Waals surface area contributed by atoms with Gasteiger partial charge in [-0.2, -0.15) is 0 Å². The molecule has 4 atom stereocenters. The van der Waals surface area contributed by atoms with E-state index in [2.05, 4.69) is 19.2 Å². The molecular weight excluding hydrogens is 418 g/mol. The number of carbonyl (C=O) groups is 2. The summed E-state index contributed by atoms with van der Waals surface area (Å²) in [6, 6.07) is 4.53. The summed E-state index contributed by atoms with van der Waals surface area (Å²) in [7, 11) is 0.694. The van der Waals surface area contributed by atoms with Crippen LogP contribution in [0.25, 0.3) is 0 Å². The van der Waals surface area contributed by atoms with Gasteiger partial charge in [0.25, 0.3) is 0 Å². The summed E-state index contributed by atoms with van der Waals surface area (Å²) < 4.78 is 31.3. The summed E-state index contributed by atoms with van der Waals surface area (Å²) in [6.45, 7) is 4.81. The van der Waals surface area contributed by atoms with Crippen molar-refractivity contribution in [2.75, 3.05) is 33.1 Å².